The molecule has 0 atom stereocenters. The van der Waals surface area contributed by atoms with Crippen LogP contribution < -0.4 is 5.73 Å². The van der Waals surface area contributed by atoms with E-state index in [2.05, 4.69) is 39.9 Å². The number of nitrogens with zero attached hydrogens (tertiary/aromatic N) is 2. The van der Waals surface area contributed by atoms with Gasteiger partial charge in [-0.3, -0.25) is 0 Å². The van der Waals surface area contributed by atoms with Crippen molar-refractivity contribution < 1.29 is 4.52 Å². The molecule has 1 heterocycles. The lowest BCUT2D eigenvalue weighted by molar-refractivity contribution is 0.425. The lowest BCUT2D eigenvalue weighted by atomic mass is 10.2. The molecule has 6 heteroatoms. The highest BCUT2D eigenvalue weighted by atomic mass is 79.9. The largest absolute Gasteiger partial charge is 0.398 e. The Morgan fingerprint density at radius 2 is 2.21 bits per heavy atom. The highest BCUT2D eigenvalue weighted by Gasteiger charge is 2.12. The first-order valence-electron chi connectivity index (χ1n) is 6.02. The molecule has 0 aliphatic carbocycles. The zero-order valence-electron chi connectivity index (χ0n) is 10.9. The van der Waals surface area contributed by atoms with Gasteiger partial charge in [0.15, 0.2) is 5.82 Å². The maximum atomic E-state index is 5.94. The monoisotopic (exact) mass is 341 g/mol. The number of nitrogen functional groups attached to an aromatic ring is 1. The van der Waals surface area contributed by atoms with E-state index in [1.807, 2.05) is 18.2 Å². The van der Waals surface area contributed by atoms with E-state index in [1.54, 1.807) is 11.8 Å². The first kappa shape index (κ1) is 14.4. The van der Waals surface area contributed by atoms with E-state index in [9.17, 15) is 0 Å². The minimum absolute atomic E-state index is 0.477. The Labute approximate surface area is 125 Å². The van der Waals surface area contributed by atoms with Crippen molar-refractivity contribution in [3.8, 4) is 11.5 Å². The average Bonchev–Trinajstić information content (AvgIpc) is 2.77. The number of hydrogen-bond acceptors (Lipinski definition) is 5. The molecule has 0 saturated heterocycles. The van der Waals surface area contributed by atoms with Crippen molar-refractivity contribution in [2.24, 2.45) is 5.92 Å². The minimum atomic E-state index is 0.477. The second-order valence-electron chi connectivity index (χ2n) is 4.66. The standard InChI is InChI=1S/C13H16BrN3OS/c1-8(2)6-19-7-12-16-13(18-17-12)10-4-3-9(14)5-11(10)15/h3-5,8H,6-7,15H2,1-2H3. The van der Waals surface area contributed by atoms with Crippen LogP contribution in [0.2, 0.25) is 0 Å². The third-order valence-corrected chi connectivity index (χ3v) is 4.25. The number of nitrogens with two attached hydrogens (primary N) is 1. The van der Waals surface area contributed by atoms with Crippen LogP contribution in [-0.4, -0.2) is 15.9 Å². The first-order chi connectivity index (χ1) is 9.06. The molecule has 2 rings (SSSR count). The molecule has 19 heavy (non-hydrogen) atoms. The van der Waals surface area contributed by atoms with E-state index < -0.39 is 0 Å². The van der Waals surface area contributed by atoms with E-state index in [0.717, 1.165) is 21.5 Å². The smallest absolute Gasteiger partial charge is 0.260 e. The van der Waals surface area contributed by atoms with Crippen LogP contribution >= 0.6 is 27.7 Å². The molecule has 0 aliphatic heterocycles. The molecule has 0 aliphatic rings. The molecular weight excluding hydrogens is 326 g/mol. The summed E-state index contributed by atoms with van der Waals surface area (Å²) in [6.45, 7) is 4.38. The summed E-state index contributed by atoms with van der Waals surface area (Å²) in [5, 5.41) is 3.98. The van der Waals surface area contributed by atoms with Crippen LogP contribution in [0.3, 0.4) is 0 Å². The fraction of sp³-hybridized carbons (Fsp3) is 0.385. The van der Waals surface area contributed by atoms with Crippen LogP contribution in [0.15, 0.2) is 27.2 Å². The van der Waals surface area contributed by atoms with Crippen molar-refractivity contribution in [1.82, 2.24) is 10.1 Å². The summed E-state index contributed by atoms with van der Waals surface area (Å²) in [5.41, 5.74) is 7.34. The lowest BCUT2D eigenvalue weighted by Gasteiger charge is -2.01. The predicted octanol–water partition coefficient (Wildman–Crippen LogP) is 3.97. The maximum Gasteiger partial charge on any atom is 0.260 e. The van der Waals surface area contributed by atoms with Gasteiger partial charge in [-0.2, -0.15) is 16.7 Å². The van der Waals surface area contributed by atoms with Gasteiger partial charge in [-0.25, -0.2) is 0 Å². The summed E-state index contributed by atoms with van der Waals surface area (Å²) in [5.74, 6) is 3.70. The van der Waals surface area contributed by atoms with Crippen molar-refractivity contribution in [1.29, 1.82) is 0 Å². The van der Waals surface area contributed by atoms with Crippen LogP contribution in [0.4, 0.5) is 5.69 Å². The summed E-state index contributed by atoms with van der Waals surface area (Å²) in [4.78, 5) is 4.37. The van der Waals surface area contributed by atoms with Crippen LogP contribution in [0, 0.1) is 5.92 Å². The molecule has 0 spiro atoms. The third kappa shape index (κ3) is 3.98. The van der Waals surface area contributed by atoms with E-state index in [-0.39, 0.29) is 0 Å². The normalized spacial score (nSPS) is 11.2. The van der Waals surface area contributed by atoms with Crippen molar-refractivity contribution in [3.63, 3.8) is 0 Å². The van der Waals surface area contributed by atoms with Gasteiger partial charge in [0.25, 0.3) is 5.89 Å². The van der Waals surface area contributed by atoms with E-state index in [4.69, 9.17) is 10.3 Å². The fourth-order valence-electron chi connectivity index (χ4n) is 1.54. The molecule has 0 unspecified atom stereocenters. The van der Waals surface area contributed by atoms with Crippen molar-refractivity contribution in [3.05, 3.63) is 28.5 Å². The third-order valence-electron chi connectivity index (χ3n) is 2.39. The average molecular weight is 342 g/mol. The molecule has 0 bridgehead atoms. The Balaban J connectivity index is 2.08. The number of thioether (sulfide) groups is 1. The van der Waals surface area contributed by atoms with Crippen LogP contribution in [-0.2, 0) is 5.75 Å². The summed E-state index contributed by atoms with van der Waals surface area (Å²) in [7, 11) is 0. The summed E-state index contributed by atoms with van der Waals surface area (Å²) < 4.78 is 6.19. The number of halogens is 1. The first-order valence-corrected chi connectivity index (χ1v) is 7.96. The molecule has 1 aromatic heterocycles. The van der Waals surface area contributed by atoms with Gasteiger partial charge in [-0.05, 0) is 29.9 Å². The van der Waals surface area contributed by atoms with Gasteiger partial charge in [-0.15, -0.1) is 0 Å². The SMILES string of the molecule is CC(C)CSCc1noc(-c2ccc(Br)cc2N)n1. The highest BCUT2D eigenvalue weighted by molar-refractivity contribution is 9.10. The Bertz CT molecular complexity index is 557. The number of hydrogen-bond donors (Lipinski definition) is 1. The van der Waals surface area contributed by atoms with Gasteiger partial charge in [0.2, 0.25) is 0 Å². The van der Waals surface area contributed by atoms with Gasteiger partial charge in [0, 0.05) is 10.2 Å². The van der Waals surface area contributed by atoms with Gasteiger partial charge in [0.1, 0.15) is 0 Å². The second-order valence-corrected chi connectivity index (χ2v) is 6.60. The molecule has 0 radical (unpaired) electrons. The van der Waals surface area contributed by atoms with Crippen molar-refractivity contribution in [2.75, 3.05) is 11.5 Å². The quantitative estimate of drug-likeness (QED) is 0.833. The predicted molar refractivity (Wildman–Crippen MR) is 82.8 cm³/mol. The minimum Gasteiger partial charge on any atom is -0.398 e. The highest BCUT2D eigenvalue weighted by Crippen LogP contribution is 2.27. The molecule has 2 N–H and O–H groups in total. The molecule has 4 nitrogen and oxygen atoms in total. The lowest BCUT2D eigenvalue weighted by Crippen LogP contribution is -1.93. The molecular formula is C13H16BrN3OS. The van der Waals surface area contributed by atoms with Crippen molar-refractivity contribution in [2.45, 2.75) is 19.6 Å². The Morgan fingerprint density at radius 1 is 1.42 bits per heavy atom. The van der Waals surface area contributed by atoms with Crippen LogP contribution in [0.5, 0.6) is 0 Å². The number of aromatic nitrogens is 2. The molecule has 0 saturated carbocycles. The van der Waals surface area contributed by atoms with E-state index in [0.29, 0.717) is 23.3 Å². The fourth-order valence-corrected chi connectivity index (χ4v) is 2.80. The molecule has 102 valence electrons. The Morgan fingerprint density at radius 3 is 2.89 bits per heavy atom. The van der Waals surface area contributed by atoms with Gasteiger partial charge < -0.3 is 10.3 Å². The van der Waals surface area contributed by atoms with E-state index >= 15 is 0 Å². The summed E-state index contributed by atoms with van der Waals surface area (Å²) in [6.07, 6.45) is 0. The van der Waals surface area contributed by atoms with Gasteiger partial charge >= 0.3 is 0 Å². The second kappa shape index (κ2) is 6.43. The van der Waals surface area contributed by atoms with Gasteiger partial charge in [0.05, 0.1) is 11.3 Å². The molecule has 1 aromatic carbocycles. The van der Waals surface area contributed by atoms with Crippen molar-refractivity contribution >= 4 is 33.4 Å². The van der Waals surface area contributed by atoms with E-state index in [1.165, 1.54) is 0 Å². The Hall–Kier alpha value is -1.01. The maximum absolute atomic E-state index is 5.94. The molecule has 0 fully saturated rings. The zero-order chi connectivity index (χ0) is 13.8. The number of rotatable bonds is 5. The zero-order valence-corrected chi connectivity index (χ0v) is 13.3. The number of benzene rings is 1. The summed E-state index contributed by atoms with van der Waals surface area (Å²) in [6, 6.07) is 5.60. The molecule has 2 aromatic rings. The Kier molecular flexibility index (Phi) is 4.87. The number of anilines is 1. The topological polar surface area (TPSA) is 64.9 Å². The van der Waals surface area contributed by atoms with Crippen LogP contribution in [0.1, 0.15) is 19.7 Å². The van der Waals surface area contributed by atoms with Gasteiger partial charge in [-0.1, -0.05) is 34.9 Å². The summed E-state index contributed by atoms with van der Waals surface area (Å²) >= 11 is 5.18. The molecule has 0 amide bonds. The van der Waals surface area contributed by atoms with Crippen LogP contribution in [0.25, 0.3) is 11.5 Å².